The molecule has 0 bridgehead atoms. The van der Waals surface area contributed by atoms with Crippen LogP contribution in [0.3, 0.4) is 0 Å². The number of nitrogens with zero attached hydrogens (tertiary/aromatic N) is 1. The van der Waals surface area contributed by atoms with Crippen LogP contribution >= 0.6 is 11.6 Å². The molecule has 0 aliphatic rings. The van der Waals surface area contributed by atoms with Gasteiger partial charge in [-0.3, -0.25) is 0 Å². The third kappa shape index (κ3) is 2.64. The summed E-state index contributed by atoms with van der Waals surface area (Å²) < 4.78 is 0. The molecule has 2 aromatic rings. The Kier molecular flexibility index (Phi) is 3.62. The third-order valence-electron chi connectivity index (χ3n) is 2.53. The van der Waals surface area contributed by atoms with Crippen molar-refractivity contribution >= 4 is 28.3 Å². The van der Waals surface area contributed by atoms with Gasteiger partial charge in [0.25, 0.3) is 0 Å². The molecule has 1 aromatic carbocycles. The van der Waals surface area contributed by atoms with Crippen LogP contribution in [0.25, 0.3) is 10.9 Å². The first-order valence-corrected chi connectivity index (χ1v) is 6.01. The maximum atomic E-state index is 5.70. The zero-order valence-corrected chi connectivity index (χ0v) is 10.0. The van der Waals surface area contributed by atoms with Crippen LogP contribution in [0.4, 0.5) is 5.82 Å². The number of benzene rings is 1. The first-order chi connectivity index (χ1) is 7.79. The monoisotopic (exact) mass is 234 g/mol. The Balaban J connectivity index is 2.19. The highest BCUT2D eigenvalue weighted by Gasteiger charge is 2.02. The van der Waals surface area contributed by atoms with Gasteiger partial charge in [-0.2, -0.15) is 0 Å². The van der Waals surface area contributed by atoms with Crippen molar-refractivity contribution in [2.24, 2.45) is 0 Å². The number of rotatable bonds is 4. The summed E-state index contributed by atoms with van der Waals surface area (Å²) in [6, 6.07) is 12.5. The highest BCUT2D eigenvalue weighted by molar-refractivity contribution is 6.17. The fourth-order valence-electron chi connectivity index (χ4n) is 1.63. The van der Waals surface area contributed by atoms with Crippen molar-refractivity contribution in [1.82, 2.24) is 4.98 Å². The fraction of sp³-hybridized carbons (Fsp3) is 0.308. The average Bonchev–Trinajstić information content (AvgIpc) is 2.29. The van der Waals surface area contributed by atoms with Crippen molar-refractivity contribution in [2.75, 3.05) is 11.2 Å². The highest BCUT2D eigenvalue weighted by Crippen LogP contribution is 2.15. The van der Waals surface area contributed by atoms with Gasteiger partial charge in [-0.15, -0.1) is 11.6 Å². The van der Waals surface area contributed by atoms with Gasteiger partial charge in [0.15, 0.2) is 0 Å². The Hall–Kier alpha value is -1.28. The minimum atomic E-state index is 0.353. The zero-order valence-electron chi connectivity index (χ0n) is 9.28. The lowest BCUT2D eigenvalue weighted by atomic mass is 10.2. The minimum Gasteiger partial charge on any atom is -0.368 e. The summed E-state index contributed by atoms with van der Waals surface area (Å²) in [6.45, 7) is 2.11. The van der Waals surface area contributed by atoms with Crippen LogP contribution in [-0.4, -0.2) is 16.9 Å². The summed E-state index contributed by atoms with van der Waals surface area (Å²) in [6.07, 6.45) is 0.941. The van der Waals surface area contributed by atoms with Crippen molar-refractivity contribution in [3.8, 4) is 0 Å². The molecule has 2 nitrogen and oxygen atoms in total. The molecule has 0 aliphatic heterocycles. The Labute approximate surface area is 101 Å². The molecule has 0 saturated heterocycles. The average molecular weight is 235 g/mol. The number of halogens is 1. The quantitative estimate of drug-likeness (QED) is 0.817. The zero-order chi connectivity index (χ0) is 11.4. The molecule has 1 unspecified atom stereocenters. The van der Waals surface area contributed by atoms with Crippen LogP contribution in [0, 0.1) is 0 Å². The summed E-state index contributed by atoms with van der Waals surface area (Å²) >= 11 is 5.70. The fourth-order valence-corrected chi connectivity index (χ4v) is 1.96. The molecule has 2 rings (SSSR count). The van der Waals surface area contributed by atoms with Gasteiger partial charge in [-0.25, -0.2) is 4.98 Å². The van der Waals surface area contributed by atoms with Crippen molar-refractivity contribution in [1.29, 1.82) is 0 Å². The number of pyridine rings is 1. The molecule has 0 radical (unpaired) electrons. The smallest absolute Gasteiger partial charge is 0.126 e. The molecule has 0 spiro atoms. The van der Waals surface area contributed by atoms with Gasteiger partial charge in [0.2, 0.25) is 0 Å². The Morgan fingerprint density at radius 1 is 1.25 bits per heavy atom. The van der Waals surface area contributed by atoms with Crippen molar-refractivity contribution in [2.45, 2.75) is 19.4 Å². The lowest BCUT2D eigenvalue weighted by Gasteiger charge is -2.13. The summed E-state index contributed by atoms with van der Waals surface area (Å²) in [5.74, 6) is 1.58. The second kappa shape index (κ2) is 5.17. The van der Waals surface area contributed by atoms with Gasteiger partial charge < -0.3 is 5.32 Å². The van der Waals surface area contributed by atoms with Crippen LogP contribution < -0.4 is 5.32 Å². The van der Waals surface area contributed by atoms with E-state index >= 15 is 0 Å². The SMILES string of the molecule is CC(CCCl)Nc1ccc2ccccc2n1. The number of alkyl halides is 1. The molecular formula is C13H15ClN2. The van der Waals surface area contributed by atoms with E-state index in [1.807, 2.05) is 24.3 Å². The first-order valence-electron chi connectivity index (χ1n) is 5.48. The topological polar surface area (TPSA) is 24.9 Å². The van der Waals surface area contributed by atoms with Gasteiger partial charge in [-0.1, -0.05) is 18.2 Å². The number of nitrogens with one attached hydrogen (secondary N) is 1. The lowest BCUT2D eigenvalue weighted by molar-refractivity contribution is 0.765. The molecule has 3 heteroatoms. The van der Waals surface area contributed by atoms with Gasteiger partial charge in [-0.05, 0) is 31.5 Å². The molecule has 0 saturated carbocycles. The number of anilines is 1. The molecule has 1 aromatic heterocycles. The normalized spacial score (nSPS) is 12.6. The number of aromatic nitrogens is 1. The van der Waals surface area contributed by atoms with E-state index in [9.17, 15) is 0 Å². The maximum Gasteiger partial charge on any atom is 0.126 e. The maximum absolute atomic E-state index is 5.70. The second-order valence-electron chi connectivity index (χ2n) is 3.91. The van der Waals surface area contributed by atoms with E-state index in [4.69, 9.17) is 11.6 Å². The molecule has 0 amide bonds. The van der Waals surface area contributed by atoms with E-state index in [0.717, 1.165) is 23.1 Å². The molecular weight excluding hydrogens is 220 g/mol. The number of para-hydroxylation sites is 1. The second-order valence-corrected chi connectivity index (χ2v) is 4.29. The van der Waals surface area contributed by atoms with E-state index in [-0.39, 0.29) is 0 Å². The minimum absolute atomic E-state index is 0.353. The molecule has 1 atom stereocenters. The van der Waals surface area contributed by atoms with Crippen LogP contribution in [0.5, 0.6) is 0 Å². The van der Waals surface area contributed by atoms with Gasteiger partial charge in [0.05, 0.1) is 5.52 Å². The number of hydrogen-bond acceptors (Lipinski definition) is 2. The highest BCUT2D eigenvalue weighted by atomic mass is 35.5. The molecule has 1 heterocycles. The van der Waals surface area contributed by atoms with E-state index < -0.39 is 0 Å². The molecule has 16 heavy (non-hydrogen) atoms. The van der Waals surface area contributed by atoms with Gasteiger partial charge >= 0.3 is 0 Å². The Morgan fingerprint density at radius 2 is 2.06 bits per heavy atom. The molecule has 1 N–H and O–H groups in total. The third-order valence-corrected chi connectivity index (χ3v) is 2.75. The summed E-state index contributed by atoms with van der Waals surface area (Å²) in [7, 11) is 0. The Bertz CT molecular complexity index is 470. The van der Waals surface area contributed by atoms with Crippen molar-refractivity contribution < 1.29 is 0 Å². The van der Waals surface area contributed by atoms with Gasteiger partial charge in [0.1, 0.15) is 5.82 Å². The van der Waals surface area contributed by atoms with Crippen molar-refractivity contribution in [3.63, 3.8) is 0 Å². The first kappa shape index (κ1) is 11.2. The number of fused-ring (bicyclic) bond motifs is 1. The van der Waals surface area contributed by atoms with Crippen LogP contribution in [0.1, 0.15) is 13.3 Å². The molecule has 0 aliphatic carbocycles. The van der Waals surface area contributed by atoms with Crippen LogP contribution in [-0.2, 0) is 0 Å². The Morgan fingerprint density at radius 3 is 2.88 bits per heavy atom. The molecule has 0 fully saturated rings. The summed E-state index contributed by atoms with van der Waals surface area (Å²) in [4.78, 5) is 4.54. The van der Waals surface area contributed by atoms with Crippen molar-refractivity contribution in [3.05, 3.63) is 36.4 Å². The summed E-state index contributed by atoms with van der Waals surface area (Å²) in [5.41, 5.74) is 1.02. The van der Waals surface area contributed by atoms with E-state index in [1.54, 1.807) is 0 Å². The summed E-state index contributed by atoms with van der Waals surface area (Å²) in [5, 5.41) is 4.50. The predicted octanol–water partition coefficient (Wildman–Crippen LogP) is 3.66. The lowest BCUT2D eigenvalue weighted by Crippen LogP contribution is -2.16. The van der Waals surface area contributed by atoms with E-state index in [0.29, 0.717) is 11.9 Å². The molecule has 84 valence electrons. The van der Waals surface area contributed by atoms with Crippen LogP contribution in [0.15, 0.2) is 36.4 Å². The van der Waals surface area contributed by atoms with Crippen LogP contribution in [0.2, 0.25) is 0 Å². The van der Waals surface area contributed by atoms with E-state index in [1.165, 1.54) is 0 Å². The number of hydrogen-bond donors (Lipinski definition) is 1. The predicted molar refractivity (Wildman–Crippen MR) is 70.2 cm³/mol. The van der Waals surface area contributed by atoms with E-state index in [2.05, 4.69) is 29.4 Å². The van der Waals surface area contributed by atoms with Gasteiger partial charge in [0, 0.05) is 17.3 Å². The standard InChI is InChI=1S/C13H15ClN2/c1-10(8-9-14)15-13-7-6-11-4-2-3-5-12(11)16-13/h2-7,10H,8-9H2,1H3,(H,15,16). The largest absolute Gasteiger partial charge is 0.368 e.